The van der Waals surface area contributed by atoms with Gasteiger partial charge in [-0.3, -0.25) is 4.90 Å². The summed E-state index contributed by atoms with van der Waals surface area (Å²) >= 11 is 0. The van der Waals surface area contributed by atoms with Crippen molar-refractivity contribution in [3.63, 3.8) is 0 Å². The molecule has 108 valence electrons. The van der Waals surface area contributed by atoms with Crippen LogP contribution in [0.1, 0.15) is 25.8 Å². The number of benzene rings is 1. The van der Waals surface area contributed by atoms with E-state index < -0.39 is 0 Å². The highest BCUT2D eigenvalue weighted by Gasteiger charge is 2.24. The van der Waals surface area contributed by atoms with Gasteiger partial charge in [-0.1, -0.05) is 44.2 Å². The predicted octanol–water partition coefficient (Wildman–Crippen LogP) is 2.12. The Morgan fingerprint density at radius 2 is 1.95 bits per heavy atom. The standard InChI is InChI=1S/C16H28N2O/c1-4-16(2,13-17-3)14-18(10-11-19)12-15-8-6-5-7-9-15/h5-9,17,19H,4,10-14H2,1-3H3. The number of hydrogen-bond acceptors (Lipinski definition) is 3. The average molecular weight is 264 g/mol. The van der Waals surface area contributed by atoms with Crippen molar-refractivity contribution in [3.05, 3.63) is 35.9 Å². The first-order valence-electron chi connectivity index (χ1n) is 7.15. The third-order valence-corrected chi connectivity index (χ3v) is 3.73. The van der Waals surface area contributed by atoms with E-state index >= 15 is 0 Å². The molecule has 1 rings (SSSR count). The maximum Gasteiger partial charge on any atom is 0.0558 e. The fourth-order valence-electron chi connectivity index (χ4n) is 2.46. The molecule has 3 heteroatoms. The molecule has 0 fully saturated rings. The van der Waals surface area contributed by atoms with Crippen LogP contribution in [0.3, 0.4) is 0 Å². The van der Waals surface area contributed by atoms with E-state index in [0.29, 0.717) is 0 Å². The monoisotopic (exact) mass is 264 g/mol. The Balaban J connectivity index is 2.66. The summed E-state index contributed by atoms with van der Waals surface area (Å²) in [5.41, 5.74) is 1.55. The average Bonchev–Trinajstić information content (AvgIpc) is 2.40. The van der Waals surface area contributed by atoms with Crippen LogP contribution in [0, 0.1) is 5.41 Å². The van der Waals surface area contributed by atoms with Gasteiger partial charge >= 0.3 is 0 Å². The zero-order valence-corrected chi connectivity index (χ0v) is 12.5. The smallest absolute Gasteiger partial charge is 0.0558 e. The van der Waals surface area contributed by atoms with E-state index in [0.717, 1.165) is 32.6 Å². The van der Waals surface area contributed by atoms with Crippen molar-refractivity contribution in [1.82, 2.24) is 10.2 Å². The quantitative estimate of drug-likeness (QED) is 0.717. The van der Waals surface area contributed by atoms with Gasteiger partial charge in [-0.15, -0.1) is 0 Å². The van der Waals surface area contributed by atoms with Gasteiger partial charge in [0.25, 0.3) is 0 Å². The minimum absolute atomic E-state index is 0.214. The molecular weight excluding hydrogens is 236 g/mol. The molecule has 0 bridgehead atoms. The second-order valence-corrected chi connectivity index (χ2v) is 5.61. The molecule has 3 nitrogen and oxygen atoms in total. The number of rotatable bonds is 9. The maximum atomic E-state index is 9.26. The molecule has 1 unspecified atom stereocenters. The van der Waals surface area contributed by atoms with Gasteiger partial charge in [0, 0.05) is 26.2 Å². The lowest BCUT2D eigenvalue weighted by atomic mass is 9.86. The van der Waals surface area contributed by atoms with Crippen LogP contribution in [0.25, 0.3) is 0 Å². The summed E-state index contributed by atoms with van der Waals surface area (Å²) in [6.07, 6.45) is 1.13. The molecule has 0 heterocycles. The van der Waals surface area contributed by atoms with Crippen LogP contribution in [0.5, 0.6) is 0 Å². The fraction of sp³-hybridized carbons (Fsp3) is 0.625. The maximum absolute atomic E-state index is 9.26. The number of nitrogens with zero attached hydrogens (tertiary/aromatic N) is 1. The molecule has 1 aromatic rings. The molecule has 1 aromatic carbocycles. The Morgan fingerprint density at radius 1 is 1.26 bits per heavy atom. The van der Waals surface area contributed by atoms with E-state index in [2.05, 4.69) is 48.3 Å². The largest absolute Gasteiger partial charge is 0.395 e. The zero-order chi connectivity index (χ0) is 14.1. The number of aliphatic hydroxyl groups excluding tert-OH is 1. The lowest BCUT2D eigenvalue weighted by Gasteiger charge is -2.34. The number of nitrogens with one attached hydrogen (secondary N) is 1. The van der Waals surface area contributed by atoms with Gasteiger partial charge in [-0.05, 0) is 24.4 Å². The van der Waals surface area contributed by atoms with Crippen molar-refractivity contribution >= 4 is 0 Å². The van der Waals surface area contributed by atoms with Crippen molar-refractivity contribution in [3.8, 4) is 0 Å². The van der Waals surface area contributed by atoms with Crippen molar-refractivity contribution in [2.45, 2.75) is 26.8 Å². The first-order chi connectivity index (χ1) is 9.13. The highest BCUT2D eigenvalue weighted by atomic mass is 16.3. The summed E-state index contributed by atoms with van der Waals surface area (Å²) in [5, 5.41) is 12.5. The van der Waals surface area contributed by atoms with Crippen LogP contribution in [0.2, 0.25) is 0 Å². The molecule has 0 saturated carbocycles. The fourth-order valence-corrected chi connectivity index (χ4v) is 2.46. The summed E-state index contributed by atoms with van der Waals surface area (Å²) in [6.45, 7) is 8.39. The van der Waals surface area contributed by atoms with Crippen LogP contribution >= 0.6 is 0 Å². The summed E-state index contributed by atoms with van der Waals surface area (Å²) in [6, 6.07) is 10.5. The summed E-state index contributed by atoms with van der Waals surface area (Å²) in [5.74, 6) is 0. The van der Waals surface area contributed by atoms with E-state index in [9.17, 15) is 5.11 Å². The normalized spacial score (nSPS) is 14.6. The number of aliphatic hydroxyl groups is 1. The van der Waals surface area contributed by atoms with Crippen molar-refractivity contribution in [2.75, 3.05) is 33.3 Å². The van der Waals surface area contributed by atoms with Gasteiger partial charge in [0.05, 0.1) is 6.61 Å². The molecule has 19 heavy (non-hydrogen) atoms. The Labute approximate surface area is 117 Å². The van der Waals surface area contributed by atoms with Gasteiger partial charge in [0.1, 0.15) is 0 Å². The van der Waals surface area contributed by atoms with Crippen LogP contribution in [0.15, 0.2) is 30.3 Å². The SMILES string of the molecule is CCC(C)(CNC)CN(CCO)Cc1ccccc1. The molecule has 0 spiro atoms. The molecule has 2 N–H and O–H groups in total. The van der Waals surface area contributed by atoms with Crippen molar-refractivity contribution < 1.29 is 5.11 Å². The van der Waals surface area contributed by atoms with Crippen LogP contribution in [-0.4, -0.2) is 43.3 Å². The van der Waals surface area contributed by atoms with Gasteiger partial charge < -0.3 is 10.4 Å². The number of hydrogen-bond donors (Lipinski definition) is 2. The highest BCUT2D eigenvalue weighted by Crippen LogP contribution is 2.22. The molecule has 0 aliphatic rings. The summed E-state index contributed by atoms with van der Waals surface area (Å²) in [4.78, 5) is 2.34. The molecule has 0 radical (unpaired) electrons. The molecule has 0 aromatic heterocycles. The highest BCUT2D eigenvalue weighted by molar-refractivity contribution is 5.14. The third kappa shape index (κ3) is 5.72. The minimum atomic E-state index is 0.214. The summed E-state index contributed by atoms with van der Waals surface area (Å²) in [7, 11) is 2.00. The Bertz CT molecular complexity index is 342. The van der Waals surface area contributed by atoms with Gasteiger partial charge in [-0.2, -0.15) is 0 Å². The van der Waals surface area contributed by atoms with Crippen molar-refractivity contribution in [1.29, 1.82) is 0 Å². The van der Waals surface area contributed by atoms with Gasteiger partial charge in [-0.25, -0.2) is 0 Å². The molecule has 0 aliphatic heterocycles. The first kappa shape index (κ1) is 16.2. The molecule has 0 amide bonds. The lowest BCUT2D eigenvalue weighted by Crippen LogP contribution is -2.42. The minimum Gasteiger partial charge on any atom is -0.395 e. The molecule has 0 aliphatic carbocycles. The Hall–Kier alpha value is -0.900. The van der Waals surface area contributed by atoms with E-state index in [1.165, 1.54) is 5.56 Å². The van der Waals surface area contributed by atoms with Crippen LogP contribution < -0.4 is 5.32 Å². The lowest BCUT2D eigenvalue weighted by molar-refractivity contribution is 0.124. The zero-order valence-electron chi connectivity index (χ0n) is 12.5. The Kier molecular flexibility index (Phi) is 7.06. The molecule has 0 saturated heterocycles. The van der Waals surface area contributed by atoms with Crippen LogP contribution in [0.4, 0.5) is 0 Å². The van der Waals surface area contributed by atoms with E-state index in [1.807, 2.05) is 13.1 Å². The second kappa shape index (κ2) is 8.31. The topological polar surface area (TPSA) is 35.5 Å². The summed E-state index contributed by atoms with van der Waals surface area (Å²) < 4.78 is 0. The van der Waals surface area contributed by atoms with Gasteiger partial charge in [0.15, 0.2) is 0 Å². The predicted molar refractivity (Wildman–Crippen MR) is 81.1 cm³/mol. The van der Waals surface area contributed by atoms with Gasteiger partial charge in [0.2, 0.25) is 0 Å². The van der Waals surface area contributed by atoms with E-state index in [1.54, 1.807) is 0 Å². The Morgan fingerprint density at radius 3 is 2.47 bits per heavy atom. The van der Waals surface area contributed by atoms with Crippen molar-refractivity contribution in [2.24, 2.45) is 5.41 Å². The first-order valence-corrected chi connectivity index (χ1v) is 7.15. The van der Waals surface area contributed by atoms with Crippen LogP contribution in [-0.2, 0) is 6.54 Å². The third-order valence-electron chi connectivity index (χ3n) is 3.73. The molecule has 1 atom stereocenters. The molecular formula is C16H28N2O. The second-order valence-electron chi connectivity index (χ2n) is 5.61. The van der Waals surface area contributed by atoms with E-state index in [4.69, 9.17) is 0 Å². The van der Waals surface area contributed by atoms with E-state index in [-0.39, 0.29) is 12.0 Å².